The van der Waals surface area contributed by atoms with Crippen molar-refractivity contribution in [1.29, 1.82) is 0 Å². The Kier molecular flexibility index (Phi) is 3.24. The Morgan fingerprint density at radius 2 is 2.22 bits per heavy atom. The molecular formula is C14H19N3O6. The minimum Gasteiger partial charge on any atom is -0.461 e. The van der Waals surface area contributed by atoms with Crippen molar-refractivity contribution < 1.29 is 28.8 Å². The molecule has 0 bridgehead atoms. The number of carbonyl (C=O) groups is 1. The predicted octanol–water partition coefficient (Wildman–Crippen LogP) is -0.211. The number of hydrogen-bond acceptors (Lipinski definition) is 8. The summed E-state index contributed by atoms with van der Waals surface area (Å²) in [4.78, 5) is 12.0. The number of esters is 1. The number of aromatic nitrogens is 3. The topological polar surface area (TPSA) is 105 Å². The highest BCUT2D eigenvalue weighted by molar-refractivity contribution is 5.88. The molecule has 126 valence electrons. The van der Waals surface area contributed by atoms with E-state index >= 15 is 0 Å². The van der Waals surface area contributed by atoms with Gasteiger partial charge in [0.05, 0.1) is 18.4 Å². The average Bonchev–Trinajstić information content (AvgIpc) is 3.09. The second kappa shape index (κ2) is 4.97. The summed E-state index contributed by atoms with van der Waals surface area (Å²) in [5, 5.41) is 18.4. The van der Waals surface area contributed by atoms with Crippen molar-refractivity contribution in [3.05, 3.63) is 11.4 Å². The summed E-state index contributed by atoms with van der Waals surface area (Å²) in [5.74, 6) is -1.31. The van der Waals surface area contributed by atoms with Crippen molar-refractivity contribution in [2.45, 2.75) is 63.6 Å². The van der Waals surface area contributed by atoms with Crippen molar-refractivity contribution in [3.63, 3.8) is 0 Å². The molecule has 0 amide bonds. The minimum atomic E-state index is -0.792. The van der Waals surface area contributed by atoms with Crippen LogP contribution in [0, 0.1) is 0 Å². The van der Waals surface area contributed by atoms with Crippen LogP contribution in [0.4, 0.5) is 0 Å². The molecule has 1 aromatic rings. The molecular weight excluding hydrogens is 306 g/mol. The molecule has 5 atom stereocenters. The van der Waals surface area contributed by atoms with Crippen LogP contribution in [0.1, 0.15) is 43.0 Å². The third-order valence-corrected chi connectivity index (χ3v) is 4.38. The molecule has 0 unspecified atom stereocenters. The number of aliphatic hydroxyl groups excluding tert-OH is 1. The molecule has 3 aliphatic rings. The normalized spacial score (nSPS) is 37.1. The fraction of sp³-hybridized carbons (Fsp3) is 0.786. The summed E-state index contributed by atoms with van der Waals surface area (Å²) in [6, 6.07) is -0.392. The van der Waals surface area contributed by atoms with Gasteiger partial charge in [0.1, 0.15) is 18.2 Å². The highest BCUT2D eigenvalue weighted by atomic mass is 16.8. The van der Waals surface area contributed by atoms with E-state index in [0.29, 0.717) is 5.69 Å². The van der Waals surface area contributed by atoms with Gasteiger partial charge in [-0.25, -0.2) is 9.48 Å². The van der Waals surface area contributed by atoms with Crippen molar-refractivity contribution in [2.24, 2.45) is 0 Å². The third kappa shape index (κ3) is 2.18. The molecule has 2 saturated heterocycles. The summed E-state index contributed by atoms with van der Waals surface area (Å²) in [6.45, 7) is 5.57. The van der Waals surface area contributed by atoms with E-state index in [-0.39, 0.29) is 18.7 Å². The maximum Gasteiger partial charge on any atom is 0.360 e. The number of nitrogens with zero attached hydrogens (tertiary/aromatic N) is 3. The smallest absolute Gasteiger partial charge is 0.360 e. The molecule has 1 aromatic heterocycles. The summed E-state index contributed by atoms with van der Waals surface area (Å²) >= 11 is 0. The summed E-state index contributed by atoms with van der Waals surface area (Å²) in [7, 11) is 0. The standard InChI is InChI=1S/C14H19N3O6/c1-4-20-12(19)8-6-5-7(18)10-9(17(6)16-15-8)11-13(21-10)23-14(2,3)22-11/h7,9-11,13,18H,4-5H2,1-3H3/t7-,9+,10-,11-,13-/m1/s1. The first kappa shape index (κ1) is 15.0. The average molecular weight is 325 g/mol. The van der Waals surface area contributed by atoms with Gasteiger partial charge in [-0.15, -0.1) is 5.10 Å². The first-order valence-electron chi connectivity index (χ1n) is 7.71. The Bertz CT molecular complexity index is 644. The van der Waals surface area contributed by atoms with Crippen LogP contribution in [0.5, 0.6) is 0 Å². The van der Waals surface area contributed by atoms with E-state index in [1.807, 2.05) is 0 Å². The van der Waals surface area contributed by atoms with Crippen LogP contribution in [-0.4, -0.2) is 63.1 Å². The molecule has 23 heavy (non-hydrogen) atoms. The molecule has 0 spiro atoms. The van der Waals surface area contributed by atoms with Crippen molar-refractivity contribution in [1.82, 2.24) is 15.0 Å². The molecule has 9 heteroatoms. The van der Waals surface area contributed by atoms with E-state index in [2.05, 4.69) is 10.3 Å². The van der Waals surface area contributed by atoms with Gasteiger partial charge in [-0.05, 0) is 20.8 Å². The summed E-state index contributed by atoms with van der Waals surface area (Å²) < 4.78 is 24.0. The molecule has 2 fully saturated rings. The van der Waals surface area contributed by atoms with E-state index in [1.54, 1.807) is 25.5 Å². The van der Waals surface area contributed by atoms with Gasteiger partial charge in [0.25, 0.3) is 0 Å². The Labute approximate surface area is 132 Å². The second-order valence-corrected chi connectivity index (χ2v) is 6.38. The van der Waals surface area contributed by atoms with Crippen LogP contribution in [0.3, 0.4) is 0 Å². The lowest BCUT2D eigenvalue weighted by molar-refractivity contribution is -0.221. The van der Waals surface area contributed by atoms with E-state index in [9.17, 15) is 9.90 Å². The largest absolute Gasteiger partial charge is 0.461 e. The monoisotopic (exact) mass is 325 g/mol. The molecule has 1 N–H and O–H groups in total. The van der Waals surface area contributed by atoms with E-state index < -0.39 is 42.4 Å². The molecule has 0 saturated carbocycles. The minimum absolute atomic E-state index is 0.131. The Hall–Kier alpha value is -1.55. The quantitative estimate of drug-likeness (QED) is 0.745. The Balaban J connectivity index is 1.71. The zero-order valence-electron chi connectivity index (χ0n) is 13.1. The maximum atomic E-state index is 12.0. The van der Waals surface area contributed by atoms with Gasteiger partial charge in [0.15, 0.2) is 17.8 Å². The van der Waals surface area contributed by atoms with Crippen molar-refractivity contribution in [2.75, 3.05) is 6.61 Å². The van der Waals surface area contributed by atoms with Crippen LogP contribution in [0.15, 0.2) is 0 Å². The SMILES string of the molecule is CCOC(=O)c1nnn2c1C[C@@H](O)[C@H]1O[C@@H]3OC(C)(C)O[C@@H]3[C@H]12. The van der Waals surface area contributed by atoms with Gasteiger partial charge in [-0.1, -0.05) is 5.21 Å². The van der Waals surface area contributed by atoms with Gasteiger partial charge in [-0.2, -0.15) is 0 Å². The van der Waals surface area contributed by atoms with Crippen LogP contribution in [0.25, 0.3) is 0 Å². The lowest BCUT2D eigenvalue weighted by Gasteiger charge is -2.33. The van der Waals surface area contributed by atoms with Gasteiger partial charge < -0.3 is 24.1 Å². The number of aliphatic hydroxyl groups is 1. The summed E-state index contributed by atoms with van der Waals surface area (Å²) in [5.41, 5.74) is 0.667. The highest BCUT2D eigenvalue weighted by Gasteiger charge is 2.59. The first-order chi connectivity index (χ1) is 10.9. The Morgan fingerprint density at radius 3 is 2.96 bits per heavy atom. The van der Waals surface area contributed by atoms with Gasteiger partial charge >= 0.3 is 5.97 Å². The fourth-order valence-electron chi connectivity index (χ4n) is 3.53. The highest BCUT2D eigenvalue weighted by Crippen LogP contribution is 2.46. The molecule has 0 aromatic carbocycles. The maximum absolute atomic E-state index is 12.0. The molecule has 0 radical (unpaired) electrons. The zero-order valence-corrected chi connectivity index (χ0v) is 13.1. The lowest BCUT2D eigenvalue weighted by atomic mass is 9.94. The number of ether oxygens (including phenoxy) is 4. The van der Waals surface area contributed by atoms with Crippen LogP contribution in [0.2, 0.25) is 0 Å². The van der Waals surface area contributed by atoms with Gasteiger partial charge in [-0.3, -0.25) is 0 Å². The Morgan fingerprint density at radius 1 is 1.43 bits per heavy atom. The third-order valence-electron chi connectivity index (χ3n) is 4.38. The predicted molar refractivity (Wildman–Crippen MR) is 73.4 cm³/mol. The first-order valence-corrected chi connectivity index (χ1v) is 7.71. The second-order valence-electron chi connectivity index (χ2n) is 6.38. The number of fused-ring (bicyclic) bond motifs is 5. The number of rotatable bonds is 2. The van der Waals surface area contributed by atoms with Crippen LogP contribution >= 0.6 is 0 Å². The molecule has 9 nitrogen and oxygen atoms in total. The van der Waals surface area contributed by atoms with Gasteiger partial charge in [0.2, 0.25) is 0 Å². The van der Waals surface area contributed by atoms with Crippen molar-refractivity contribution in [3.8, 4) is 0 Å². The molecule has 0 aliphatic carbocycles. The van der Waals surface area contributed by atoms with Crippen LogP contribution < -0.4 is 0 Å². The lowest BCUT2D eigenvalue weighted by Crippen LogP contribution is -2.44. The van der Waals surface area contributed by atoms with Gasteiger partial charge in [0, 0.05) is 6.42 Å². The summed E-state index contributed by atoms with van der Waals surface area (Å²) in [6.07, 6.45) is -2.08. The molecule has 3 aliphatic heterocycles. The molecule has 4 rings (SSSR count). The van der Waals surface area contributed by atoms with Crippen molar-refractivity contribution >= 4 is 5.97 Å². The fourth-order valence-corrected chi connectivity index (χ4v) is 3.53. The van der Waals surface area contributed by atoms with Crippen LogP contribution in [-0.2, 0) is 25.4 Å². The van der Waals surface area contributed by atoms with E-state index in [1.165, 1.54) is 0 Å². The van der Waals surface area contributed by atoms with E-state index in [0.717, 1.165) is 0 Å². The molecule has 4 heterocycles. The zero-order chi connectivity index (χ0) is 16.4. The number of hydrogen-bond donors (Lipinski definition) is 1. The number of carbonyl (C=O) groups excluding carboxylic acids is 1. The van der Waals surface area contributed by atoms with E-state index in [4.69, 9.17) is 18.9 Å².